The first-order valence-electron chi connectivity index (χ1n) is 27.2. The molecular weight excluding hydrogens is 865 g/mol. The average Bonchev–Trinajstić information content (AvgIpc) is 3.33. The number of nitrogens with zero attached hydrogens (tertiary/aromatic N) is 1. The van der Waals surface area contributed by atoms with Crippen LogP contribution in [0.15, 0.2) is 12.1 Å². The highest BCUT2D eigenvalue weighted by Crippen LogP contribution is 2.18. The number of carbonyl (C=O) groups excluding carboxylic acids is 5. The van der Waals surface area contributed by atoms with Gasteiger partial charge in [0.25, 0.3) is 0 Å². The highest BCUT2D eigenvalue weighted by atomic mass is 16.5. The largest absolute Gasteiger partial charge is 0.491 e. The predicted molar refractivity (Wildman–Crippen MR) is 271 cm³/mol. The maximum absolute atomic E-state index is 13.3. The van der Waals surface area contributed by atoms with E-state index in [1.54, 1.807) is 13.8 Å². The minimum Gasteiger partial charge on any atom is -0.491 e. The third-order valence-electron chi connectivity index (χ3n) is 11.8. The molecule has 392 valence electrons. The van der Waals surface area contributed by atoms with Crippen LogP contribution in [-0.2, 0) is 33.3 Å². The molecule has 3 N–H and O–H groups in total. The quantitative estimate of drug-likeness (QED) is 0.0418. The Morgan fingerprint density at radius 1 is 0.471 bits per heavy atom. The number of rotatable bonds is 48. The van der Waals surface area contributed by atoms with Gasteiger partial charge in [0.2, 0.25) is 17.7 Å². The van der Waals surface area contributed by atoms with Gasteiger partial charge in [-0.15, -0.1) is 0 Å². The van der Waals surface area contributed by atoms with Gasteiger partial charge in [-0.1, -0.05) is 168 Å². The van der Waals surface area contributed by atoms with Gasteiger partial charge < -0.3 is 39.6 Å². The zero-order valence-electron chi connectivity index (χ0n) is 43.3. The van der Waals surface area contributed by atoms with Crippen molar-refractivity contribution in [3.8, 4) is 5.75 Å². The minimum absolute atomic E-state index is 0.0390. The van der Waals surface area contributed by atoms with Crippen LogP contribution in [0, 0.1) is 0 Å². The molecule has 0 saturated heterocycles. The van der Waals surface area contributed by atoms with Gasteiger partial charge in [0.05, 0.1) is 39.6 Å². The smallest absolute Gasteiger partial charge is 0.357 e. The second kappa shape index (κ2) is 45.7. The summed E-state index contributed by atoms with van der Waals surface area (Å²) >= 11 is 0. The number of amides is 3. The van der Waals surface area contributed by atoms with Crippen LogP contribution in [0.1, 0.15) is 241 Å². The number of esters is 2. The number of unbranched alkanes of at least 4 members (excludes halogenated alkanes) is 24. The monoisotopic (exact) mass is 961 g/mol. The summed E-state index contributed by atoms with van der Waals surface area (Å²) in [5.74, 6) is -1.46. The molecule has 68 heavy (non-hydrogen) atoms. The van der Waals surface area contributed by atoms with Gasteiger partial charge in [0.15, 0.2) is 11.4 Å². The lowest BCUT2D eigenvalue weighted by Gasteiger charge is -2.19. The van der Waals surface area contributed by atoms with E-state index in [2.05, 4.69) is 34.8 Å². The molecule has 3 amide bonds. The number of carbonyl (C=O) groups is 5. The zero-order chi connectivity index (χ0) is 49.6. The molecule has 0 saturated carbocycles. The Bertz CT molecular complexity index is 1390. The van der Waals surface area contributed by atoms with Crippen molar-refractivity contribution in [2.45, 2.75) is 226 Å². The molecule has 14 nitrogen and oxygen atoms in total. The van der Waals surface area contributed by atoms with Crippen LogP contribution < -0.4 is 20.7 Å². The molecule has 0 bridgehead atoms. The van der Waals surface area contributed by atoms with E-state index < -0.39 is 18.0 Å². The highest BCUT2D eigenvalue weighted by Gasteiger charge is 2.21. The van der Waals surface area contributed by atoms with Gasteiger partial charge in [-0.2, -0.15) is 0 Å². The Hall–Kier alpha value is -3.78. The van der Waals surface area contributed by atoms with E-state index in [0.29, 0.717) is 32.2 Å². The fourth-order valence-corrected chi connectivity index (χ4v) is 7.88. The summed E-state index contributed by atoms with van der Waals surface area (Å²) in [6.07, 6.45) is 34.4. The number of nitrogens with one attached hydrogen (secondary N) is 3. The fourth-order valence-electron chi connectivity index (χ4n) is 7.88. The first kappa shape index (κ1) is 62.2. The van der Waals surface area contributed by atoms with Crippen LogP contribution in [0.4, 0.5) is 0 Å². The third kappa shape index (κ3) is 36.2. The second-order valence-electron chi connectivity index (χ2n) is 18.0. The van der Waals surface area contributed by atoms with E-state index in [9.17, 15) is 24.0 Å². The molecule has 1 rings (SSSR count). The maximum Gasteiger partial charge on any atom is 0.357 e. The molecule has 0 aromatic carbocycles. The van der Waals surface area contributed by atoms with E-state index in [4.69, 9.17) is 23.7 Å². The van der Waals surface area contributed by atoms with Crippen molar-refractivity contribution in [3.63, 3.8) is 0 Å². The lowest BCUT2D eigenvalue weighted by Crippen LogP contribution is -2.47. The van der Waals surface area contributed by atoms with Gasteiger partial charge in [-0.25, -0.2) is 14.6 Å². The van der Waals surface area contributed by atoms with E-state index in [-0.39, 0.29) is 87.7 Å². The molecule has 0 aliphatic carbocycles. The molecule has 0 radical (unpaired) electrons. The molecule has 1 atom stereocenters. The summed E-state index contributed by atoms with van der Waals surface area (Å²) in [7, 11) is 0. The Morgan fingerprint density at radius 2 is 0.882 bits per heavy atom. The molecule has 0 aliphatic heterocycles. The number of ether oxygens (including phenoxy) is 5. The molecule has 0 spiro atoms. The van der Waals surface area contributed by atoms with Crippen molar-refractivity contribution >= 4 is 29.7 Å². The van der Waals surface area contributed by atoms with E-state index in [1.165, 1.54) is 147 Å². The number of pyridine rings is 1. The minimum atomic E-state index is -0.701. The van der Waals surface area contributed by atoms with Gasteiger partial charge >= 0.3 is 11.9 Å². The number of hydrogen-bond donors (Lipinski definition) is 3. The van der Waals surface area contributed by atoms with Gasteiger partial charge in [0, 0.05) is 38.1 Å². The van der Waals surface area contributed by atoms with Crippen LogP contribution in [0.2, 0.25) is 0 Å². The first-order valence-corrected chi connectivity index (χ1v) is 27.2. The summed E-state index contributed by atoms with van der Waals surface area (Å²) < 4.78 is 27.0. The fraction of sp³-hybridized carbons (Fsp3) is 0.815. The molecular formula is C54H96N4O10. The van der Waals surface area contributed by atoms with E-state index >= 15 is 0 Å². The molecule has 0 aliphatic rings. The van der Waals surface area contributed by atoms with Crippen LogP contribution in [-0.4, -0.2) is 100 Å². The van der Waals surface area contributed by atoms with Gasteiger partial charge in [-0.3, -0.25) is 14.4 Å². The standard InChI is InChI=1S/C54H96N4O10/c1-5-9-11-13-15-17-19-21-23-25-27-29-31-35-50(59)55-37-33-34-47(58-51(60)36-32-30-28-26-24-22-20-18-16-14-12-10-6-2)52(61)56-38-39-64-40-41-65-42-43-68-46-44-48(53(62)66-7-3)57-49(45-46)54(63)67-8-4/h44-45,47H,5-43H2,1-4H3,(H,55,59)(H,56,61)(H,58,60)/t47-/m0/s1. The van der Waals surface area contributed by atoms with Crippen molar-refractivity contribution < 1.29 is 47.7 Å². The van der Waals surface area contributed by atoms with Crippen molar-refractivity contribution in [3.05, 3.63) is 23.5 Å². The average molecular weight is 961 g/mol. The maximum atomic E-state index is 13.3. The third-order valence-corrected chi connectivity index (χ3v) is 11.8. The summed E-state index contributed by atoms with van der Waals surface area (Å²) in [6, 6.07) is 2.09. The van der Waals surface area contributed by atoms with Crippen molar-refractivity contribution in [1.82, 2.24) is 20.9 Å². The Labute approximate surface area is 412 Å². The number of hydrogen-bond acceptors (Lipinski definition) is 11. The summed E-state index contributed by atoms with van der Waals surface area (Å²) in [5.41, 5.74) is -0.127. The van der Waals surface area contributed by atoms with E-state index in [0.717, 1.165) is 32.1 Å². The van der Waals surface area contributed by atoms with Crippen molar-refractivity contribution in [2.24, 2.45) is 0 Å². The summed E-state index contributed by atoms with van der Waals surface area (Å²) in [6.45, 7) is 10.1. The van der Waals surface area contributed by atoms with Crippen LogP contribution in [0.3, 0.4) is 0 Å². The van der Waals surface area contributed by atoms with Gasteiger partial charge in [-0.05, 0) is 39.5 Å². The van der Waals surface area contributed by atoms with Crippen LogP contribution in [0.25, 0.3) is 0 Å². The first-order chi connectivity index (χ1) is 33.2. The molecule has 0 fully saturated rings. The van der Waals surface area contributed by atoms with Crippen LogP contribution in [0.5, 0.6) is 5.75 Å². The van der Waals surface area contributed by atoms with Crippen LogP contribution >= 0.6 is 0 Å². The SMILES string of the molecule is CCCCCCCCCCCCCCCC(=O)NCCC[C@H](NC(=O)CCCCCCCCCCCCCCC)C(=O)NCCOCCOCCOc1cc(C(=O)OCC)nc(C(=O)OCC)c1. The normalized spacial score (nSPS) is 11.5. The lowest BCUT2D eigenvalue weighted by atomic mass is 10.0. The Balaban J connectivity index is 2.41. The molecule has 1 heterocycles. The molecule has 1 aromatic rings. The molecule has 14 heteroatoms. The second-order valence-corrected chi connectivity index (χ2v) is 18.0. The Morgan fingerprint density at radius 3 is 1.34 bits per heavy atom. The highest BCUT2D eigenvalue weighted by molar-refractivity contribution is 5.92. The number of aromatic nitrogens is 1. The Kier molecular flexibility index (Phi) is 41.8. The summed E-state index contributed by atoms with van der Waals surface area (Å²) in [5, 5.41) is 8.87. The van der Waals surface area contributed by atoms with Crippen molar-refractivity contribution in [2.75, 3.05) is 59.3 Å². The van der Waals surface area contributed by atoms with Gasteiger partial charge in [0.1, 0.15) is 18.4 Å². The molecule has 0 unspecified atom stereocenters. The van der Waals surface area contributed by atoms with Crippen molar-refractivity contribution in [1.29, 1.82) is 0 Å². The van der Waals surface area contributed by atoms with E-state index in [1.807, 2.05) is 0 Å². The molecule has 1 aromatic heterocycles. The predicted octanol–water partition coefficient (Wildman–Crippen LogP) is 11.3. The summed E-state index contributed by atoms with van der Waals surface area (Å²) in [4.78, 5) is 67.4. The topological polar surface area (TPSA) is 180 Å². The lowest BCUT2D eigenvalue weighted by molar-refractivity contribution is -0.129. The zero-order valence-corrected chi connectivity index (χ0v) is 43.3.